The molecule has 178 valence electrons. The van der Waals surface area contributed by atoms with Crippen molar-refractivity contribution in [1.82, 2.24) is 4.41 Å². The molecule has 0 saturated carbocycles. The molecule has 0 bridgehead atoms. The summed E-state index contributed by atoms with van der Waals surface area (Å²) in [4.78, 5) is 0.0999. The maximum atomic E-state index is 13.6. The summed E-state index contributed by atoms with van der Waals surface area (Å²) in [6, 6.07) is 20.0. The number of sulfonamides is 2. The molecule has 10 heteroatoms. The number of benzene rings is 3. The van der Waals surface area contributed by atoms with E-state index in [1.54, 1.807) is 36.4 Å². The lowest BCUT2D eigenvalue weighted by molar-refractivity contribution is 0.371. The average Bonchev–Trinajstić information content (AvgIpc) is 3.25. The number of rotatable bonds is 7. The summed E-state index contributed by atoms with van der Waals surface area (Å²) in [7, 11) is -5.92. The molecule has 3 aromatic carbocycles. The third-order valence-corrected chi connectivity index (χ3v) is 7.74. The van der Waals surface area contributed by atoms with Crippen LogP contribution < -0.4 is 9.46 Å². The second-order valence-corrected chi connectivity index (χ2v) is 11.6. The zero-order valence-corrected chi connectivity index (χ0v) is 20.6. The van der Waals surface area contributed by atoms with E-state index in [-0.39, 0.29) is 4.90 Å². The Bertz CT molecular complexity index is 1430. The number of hydrazone groups is 1. The second-order valence-electron chi connectivity index (χ2n) is 8.09. The van der Waals surface area contributed by atoms with Gasteiger partial charge in [0.15, 0.2) is 0 Å². The molecule has 1 aliphatic heterocycles. The average molecular weight is 500 g/mol. The van der Waals surface area contributed by atoms with Gasteiger partial charge in [0.05, 0.1) is 30.0 Å². The molecule has 1 atom stereocenters. The minimum Gasteiger partial charge on any atom is -0.497 e. The maximum absolute atomic E-state index is 13.6. The van der Waals surface area contributed by atoms with Crippen molar-refractivity contribution in [3.05, 3.63) is 89.5 Å². The summed E-state index contributed by atoms with van der Waals surface area (Å²) < 4.78 is 59.2. The molecule has 0 unspecified atom stereocenters. The molecular formula is C24H25N3O5S2. The number of nitrogens with zero attached hydrogens (tertiary/aromatic N) is 2. The first kappa shape index (κ1) is 23.8. The standard InChI is InChI=1S/C24H25N3O5S2/c1-17-7-9-18(10-8-17)24-16-23(19-5-4-6-20(15-19)26-33(3,28)29)25-27(24)34(30,31)22-13-11-21(32-2)12-14-22/h4-15,24,26H,16H2,1-3H3/t24-/m0/s1. The molecule has 4 rings (SSSR count). The molecule has 0 aromatic heterocycles. The Morgan fingerprint density at radius 3 is 2.26 bits per heavy atom. The lowest BCUT2D eigenvalue weighted by Gasteiger charge is -2.23. The van der Waals surface area contributed by atoms with Crippen LogP contribution in [0, 0.1) is 6.92 Å². The number of hydrogen-bond donors (Lipinski definition) is 1. The lowest BCUT2D eigenvalue weighted by Crippen LogP contribution is -2.27. The van der Waals surface area contributed by atoms with E-state index in [1.165, 1.54) is 19.2 Å². The van der Waals surface area contributed by atoms with Gasteiger partial charge in [0, 0.05) is 12.1 Å². The van der Waals surface area contributed by atoms with Crippen LogP contribution in [0.15, 0.2) is 82.8 Å². The predicted octanol–water partition coefficient (Wildman–Crippen LogP) is 3.92. The molecular weight excluding hydrogens is 474 g/mol. The normalized spacial score (nSPS) is 16.3. The number of anilines is 1. The molecule has 0 radical (unpaired) electrons. The van der Waals surface area contributed by atoms with E-state index in [4.69, 9.17) is 4.74 Å². The number of nitrogens with one attached hydrogen (secondary N) is 1. The van der Waals surface area contributed by atoms with Crippen LogP contribution in [0.3, 0.4) is 0 Å². The zero-order chi connectivity index (χ0) is 24.5. The van der Waals surface area contributed by atoms with Crippen LogP contribution in [0.4, 0.5) is 5.69 Å². The van der Waals surface area contributed by atoms with Gasteiger partial charge in [-0.2, -0.15) is 17.9 Å². The Morgan fingerprint density at radius 2 is 1.65 bits per heavy atom. The molecule has 1 N–H and O–H groups in total. The van der Waals surface area contributed by atoms with Gasteiger partial charge in [-0.1, -0.05) is 42.0 Å². The topological polar surface area (TPSA) is 105 Å². The number of aryl methyl sites for hydroxylation is 1. The van der Waals surface area contributed by atoms with Crippen LogP contribution in [0.1, 0.15) is 29.2 Å². The van der Waals surface area contributed by atoms with E-state index in [2.05, 4.69) is 9.82 Å². The van der Waals surface area contributed by atoms with Crippen molar-refractivity contribution < 1.29 is 21.6 Å². The molecule has 3 aromatic rings. The fourth-order valence-corrected chi connectivity index (χ4v) is 5.74. The molecule has 0 fully saturated rings. The number of ether oxygens (including phenoxy) is 1. The smallest absolute Gasteiger partial charge is 0.279 e. The van der Waals surface area contributed by atoms with Gasteiger partial charge < -0.3 is 4.74 Å². The molecule has 0 aliphatic carbocycles. The van der Waals surface area contributed by atoms with E-state index in [0.717, 1.165) is 21.8 Å². The molecule has 1 heterocycles. The van der Waals surface area contributed by atoms with Crippen molar-refractivity contribution in [2.75, 3.05) is 18.1 Å². The van der Waals surface area contributed by atoms with Crippen LogP contribution in [-0.2, 0) is 20.0 Å². The third kappa shape index (κ3) is 5.07. The van der Waals surface area contributed by atoms with Crippen molar-refractivity contribution >= 4 is 31.4 Å². The van der Waals surface area contributed by atoms with Crippen molar-refractivity contribution in [3.8, 4) is 5.75 Å². The summed E-state index contributed by atoms with van der Waals surface area (Å²) in [6.45, 7) is 1.96. The minimum absolute atomic E-state index is 0.0999. The summed E-state index contributed by atoms with van der Waals surface area (Å²) in [5.41, 5.74) is 3.43. The Balaban J connectivity index is 1.77. The van der Waals surface area contributed by atoms with E-state index in [0.29, 0.717) is 29.1 Å². The van der Waals surface area contributed by atoms with Gasteiger partial charge in [-0.25, -0.2) is 8.42 Å². The fourth-order valence-electron chi connectivity index (χ4n) is 3.75. The SMILES string of the molecule is COc1ccc(S(=O)(=O)N2N=C(c3cccc(NS(C)(=O)=O)c3)C[C@H]2c2ccc(C)cc2)cc1. The molecule has 0 spiro atoms. The highest BCUT2D eigenvalue weighted by Crippen LogP contribution is 2.37. The van der Waals surface area contributed by atoms with Gasteiger partial charge in [0.2, 0.25) is 10.0 Å². The fraction of sp³-hybridized carbons (Fsp3) is 0.208. The number of methoxy groups -OCH3 is 1. The van der Waals surface area contributed by atoms with E-state index < -0.39 is 26.1 Å². The lowest BCUT2D eigenvalue weighted by atomic mass is 9.98. The van der Waals surface area contributed by atoms with Crippen molar-refractivity contribution in [2.45, 2.75) is 24.3 Å². The maximum Gasteiger partial charge on any atom is 0.279 e. The predicted molar refractivity (Wildman–Crippen MR) is 132 cm³/mol. The molecule has 8 nitrogen and oxygen atoms in total. The van der Waals surface area contributed by atoms with Crippen LogP contribution in [0.25, 0.3) is 0 Å². The van der Waals surface area contributed by atoms with Gasteiger partial charge in [0.1, 0.15) is 5.75 Å². The summed E-state index contributed by atoms with van der Waals surface area (Å²) in [6.07, 6.45) is 1.41. The zero-order valence-electron chi connectivity index (χ0n) is 19.0. The highest BCUT2D eigenvalue weighted by molar-refractivity contribution is 7.92. The summed E-state index contributed by atoms with van der Waals surface area (Å²) in [5.74, 6) is 0.551. The Kier molecular flexibility index (Phi) is 6.37. The van der Waals surface area contributed by atoms with Crippen LogP contribution in [-0.4, -0.2) is 40.3 Å². The van der Waals surface area contributed by atoms with Gasteiger partial charge in [-0.05, 0) is 54.4 Å². The number of hydrogen-bond acceptors (Lipinski definition) is 6. The monoisotopic (exact) mass is 499 g/mol. The van der Waals surface area contributed by atoms with Gasteiger partial charge in [-0.3, -0.25) is 4.72 Å². The molecule has 34 heavy (non-hydrogen) atoms. The van der Waals surface area contributed by atoms with Crippen molar-refractivity contribution in [2.24, 2.45) is 5.10 Å². The van der Waals surface area contributed by atoms with Crippen LogP contribution in [0.2, 0.25) is 0 Å². The first-order valence-corrected chi connectivity index (χ1v) is 13.8. The third-order valence-electron chi connectivity index (χ3n) is 5.44. The van der Waals surface area contributed by atoms with E-state index >= 15 is 0 Å². The highest BCUT2D eigenvalue weighted by atomic mass is 32.2. The molecule has 0 saturated heterocycles. The first-order valence-electron chi connectivity index (χ1n) is 10.5. The van der Waals surface area contributed by atoms with Gasteiger partial charge in [0.25, 0.3) is 10.0 Å². The van der Waals surface area contributed by atoms with Gasteiger partial charge in [-0.15, -0.1) is 0 Å². The first-order chi connectivity index (χ1) is 16.1. The minimum atomic E-state index is -3.97. The van der Waals surface area contributed by atoms with Gasteiger partial charge >= 0.3 is 0 Å². The summed E-state index contributed by atoms with van der Waals surface area (Å²) >= 11 is 0. The Labute approximate surface area is 200 Å². The van der Waals surface area contributed by atoms with Crippen molar-refractivity contribution in [1.29, 1.82) is 0 Å². The van der Waals surface area contributed by atoms with Crippen LogP contribution in [0.5, 0.6) is 5.75 Å². The van der Waals surface area contributed by atoms with E-state index in [1.807, 2.05) is 31.2 Å². The Hall–Kier alpha value is -3.37. The largest absolute Gasteiger partial charge is 0.497 e. The van der Waals surface area contributed by atoms with Crippen LogP contribution >= 0.6 is 0 Å². The summed E-state index contributed by atoms with van der Waals surface area (Å²) in [5, 5.41) is 4.52. The molecule has 0 amide bonds. The Morgan fingerprint density at radius 1 is 0.971 bits per heavy atom. The van der Waals surface area contributed by atoms with Crippen molar-refractivity contribution in [3.63, 3.8) is 0 Å². The quantitative estimate of drug-likeness (QED) is 0.531. The molecule has 1 aliphatic rings. The second kappa shape index (κ2) is 9.11. The van der Waals surface area contributed by atoms with E-state index in [9.17, 15) is 16.8 Å². The highest BCUT2D eigenvalue weighted by Gasteiger charge is 2.37.